The molecule has 0 saturated heterocycles. The molecule has 1 heterocycles. The van der Waals surface area contributed by atoms with Crippen molar-refractivity contribution in [1.29, 1.82) is 0 Å². The van der Waals surface area contributed by atoms with Gasteiger partial charge in [0, 0.05) is 12.4 Å². The zero-order valence-corrected chi connectivity index (χ0v) is 10.2. The highest BCUT2D eigenvalue weighted by Crippen LogP contribution is 2.25. The smallest absolute Gasteiger partial charge is 0.122 e. The molecule has 0 bridgehead atoms. The SMILES string of the molecule is ClCCNCCc1ccc2c(c1)CCCO2. The molecule has 1 aliphatic heterocycles. The number of rotatable bonds is 5. The number of ether oxygens (including phenoxy) is 1. The highest BCUT2D eigenvalue weighted by molar-refractivity contribution is 6.18. The Bertz CT molecular complexity index is 341. The van der Waals surface area contributed by atoms with Crippen molar-refractivity contribution >= 4 is 11.6 Å². The maximum atomic E-state index is 5.60. The minimum atomic E-state index is 0.679. The first kappa shape index (κ1) is 11.7. The third-order valence-electron chi connectivity index (χ3n) is 2.83. The second kappa shape index (κ2) is 6.12. The molecule has 3 heteroatoms. The fraction of sp³-hybridized carbons (Fsp3) is 0.538. The third kappa shape index (κ3) is 3.13. The Morgan fingerprint density at radius 3 is 3.12 bits per heavy atom. The van der Waals surface area contributed by atoms with E-state index in [1.165, 1.54) is 11.1 Å². The summed E-state index contributed by atoms with van der Waals surface area (Å²) in [5, 5.41) is 3.30. The van der Waals surface area contributed by atoms with Gasteiger partial charge in [0.25, 0.3) is 0 Å². The fourth-order valence-electron chi connectivity index (χ4n) is 1.99. The van der Waals surface area contributed by atoms with E-state index in [0.29, 0.717) is 5.88 Å². The number of nitrogens with one attached hydrogen (secondary N) is 1. The van der Waals surface area contributed by atoms with Crippen LogP contribution < -0.4 is 10.1 Å². The van der Waals surface area contributed by atoms with Crippen LogP contribution in [0.3, 0.4) is 0 Å². The maximum Gasteiger partial charge on any atom is 0.122 e. The average molecular weight is 240 g/mol. The van der Waals surface area contributed by atoms with Crippen molar-refractivity contribution in [3.63, 3.8) is 0 Å². The van der Waals surface area contributed by atoms with Crippen molar-refractivity contribution < 1.29 is 4.74 Å². The fourth-order valence-corrected chi connectivity index (χ4v) is 2.13. The van der Waals surface area contributed by atoms with E-state index in [1.54, 1.807) is 0 Å². The summed E-state index contributed by atoms with van der Waals surface area (Å²) in [6, 6.07) is 6.54. The van der Waals surface area contributed by atoms with Crippen LogP contribution >= 0.6 is 11.6 Å². The molecule has 0 radical (unpaired) electrons. The van der Waals surface area contributed by atoms with E-state index in [9.17, 15) is 0 Å². The van der Waals surface area contributed by atoms with E-state index in [4.69, 9.17) is 16.3 Å². The summed E-state index contributed by atoms with van der Waals surface area (Å²) in [7, 11) is 0. The molecule has 1 aromatic rings. The summed E-state index contributed by atoms with van der Waals surface area (Å²) in [5.74, 6) is 1.75. The molecule has 0 aliphatic carbocycles. The Balaban J connectivity index is 1.90. The van der Waals surface area contributed by atoms with Crippen LogP contribution in [0.1, 0.15) is 17.5 Å². The van der Waals surface area contributed by atoms with Crippen LogP contribution in [-0.4, -0.2) is 25.6 Å². The van der Waals surface area contributed by atoms with Gasteiger partial charge in [0.1, 0.15) is 5.75 Å². The first-order valence-electron chi connectivity index (χ1n) is 5.91. The van der Waals surface area contributed by atoms with Gasteiger partial charge in [0.2, 0.25) is 0 Å². The largest absolute Gasteiger partial charge is 0.493 e. The number of aryl methyl sites for hydroxylation is 1. The zero-order chi connectivity index (χ0) is 11.2. The monoisotopic (exact) mass is 239 g/mol. The highest BCUT2D eigenvalue weighted by atomic mass is 35.5. The third-order valence-corrected chi connectivity index (χ3v) is 3.02. The van der Waals surface area contributed by atoms with E-state index < -0.39 is 0 Å². The van der Waals surface area contributed by atoms with Crippen molar-refractivity contribution in [2.75, 3.05) is 25.6 Å². The average Bonchev–Trinajstić information content (AvgIpc) is 2.34. The lowest BCUT2D eigenvalue weighted by molar-refractivity contribution is 0.288. The van der Waals surface area contributed by atoms with Gasteiger partial charge in [-0.15, -0.1) is 11.6 Å². The summed E-state index contributed by atoms with van der Waals surface area (Å²) >= 11 is 5.60. The van der Waals surface area contributed by atoms with Gasteiger partial charge in [-0.05, 0) is 43.0 Å². The number of halogens is 1. The predicted molar refractivity (Wildman–Crippen MR) is 67.6 cm³/mol. The lowest BCUT2D eigenvalue weighted by Crippen LogP contribution is -2.19. The summed E-state index contributed by atoms with van der Waals surface area (Å²) in [5.41, 5.74) is 2.74. The normalized spacial score (nSPS) is 14.3. The molecule has 0 fully saturated rings. The summed E-state index contributed by atoms with van der Waals surface area (Å²) in [6.45, 7) is 2.74. The van der Waals surface area contributed by atoms with Crippen molar-refractivity contribution in [2.24, 2.45) is 0 Å². The minimum Gasteiger partial charge on any atom is -0.493 e. The Hall–Kier alpha value is -0.730. The Morgan fingerprint density at radius 2 is 2.25 bits per heavy atom. The molecule has 1 aromatic carbocycles. The molecule has 1 N–H and O–H groups in total. The van der Waals surface area contributed by atoms with Crippen LogP contribution in [-0.2, 0) is 12.8 Å². The first-order valence-corrected chi connectivity index (χ1v) is 6.45. The molecule has 2 nitrogen and oxygen atoms in total. The van der Waals surface area contributed by atoms with E-state index in [0.717, 1.165) is 44.7 Å². The van der Waals surface area contributed by atoms with Crippen LogP contribution in [0.4, 0.5) is 0 Å². The van der Waals surface area contributed by atoms with Gasteiger partial charge >= 0.3 is 0 Å². The van der Waals surface area contributed by atoms with Crippen molar-refractivity contribution in [1.82, 2.24) is 5.32 Å². The van der Waals surface area contributed by atoms with Gasteiger partial charge < -0.3 is 10.1 Å². The van der Waals surface area contributed by atoms with Crippen LogP contribution in [0.25, 0.3) is 0 Å². The maximum absolute atomic E-state index is 5.60. The Kier molecular flexibility index (Phi) is 4.49. The van der Waals surface area contributed by atoms with Gasteiger partial charge in [-0.3, -0.25) is 0 Å². The van der Waals surface area contributed by atoms with Gasteiger partial charge in [-0.1, -0.05) is 12.1 Å². The van der Waals surface area contributed by atoms with E-state index in [1.807, 2.05) is 0 Å². The van der Waals surface area contributed by atoms with Crippen molar-refractivity contribution in [3.05, 3.63) is 29.3 Å². The number of hydrogen-bond donors (Lipinski definition) is 1. The van der Waals surface area contributed by atoms with Gasteiger partial charge in [0.05, 0.1) is 6.61 Å². The second-order valence-corrected chi connectivity index (χ2v) is 4.46. The van der Waals surface area contributed by atoms with Crippen LogP contribution in [0.5, 0.6) is 5.75 Å². The van der Waals surface area contributed by atoms with Crippen LogP contribution in [0.2, 0.25) is 0 Å². The van der Waals surface area contributed by atoms with Crippen molar-refractivity contribution in [2.45, 2.75) is 19.3 Å². The van der Waals surface area contributed by atoms with E-state index in [2.05, 4.69) is 23.5 Å². The lowest BCUT2D eigenvalue weighted by Gasteiger charge is -2.17. The Morgan fingerprint density at radius 1 is 1.31 bits per heavy atom. The summed E-state index contributed by atoms with van der Waals surface area (Å²) in [6.07, 6.45) is 3.35. The number of hydrogen-bond acceptors (Lipinski definition) is 2. The number of fused-ring (bicyclic) bond motifs is 1. The zero-order valence-electron chi connectivity index (χ0n) is 9.47. The molecule has 1 aliphatic rings. The number of benzene rings is 1. The molecule has 88 valence electrons. The standard InChI is InChI=1S/C13H18ClNO/c14-6-8-15-7-5-11-3-4-13-12(10-11)2-1-9-16-13/h3-4,10,15H,1-2,5-9H2. The van der Waals surface area contributed by atoms with Gasteiger partial charge in [-0.2, -0.15) is 0 Å². The molecule has 0 spiro atoms. The molecule has 0 saturated carbocycles. The van der Waals surface area contributed by atoms with Gasteiger partial charge in [0.15, 0.2) is 0 Å². The minimum absolute atomic E-state index is 0.679. The predicted octanol–water partition coefficient (Wildman–Crippen LogP) is 2.38. The number of alkyl halides is 1. The van der Waals surface area contributed by atoms with Crippen LogP contribution in [0.15, 0.2) is 18.2 Å². The van der Waals surface area contributed by atoms with E-state index >= 15 is 0 Å². The van der Waals surface area contributed by atoms with Crippen LogP contribution in [0, 0.1) is 0 Å². The molecular weight excluding hydrogens is 222 g/mol. The quantitative estimate of drug-likeness (QED) is 0.629. The molecule has 0 aromatic heterocycles. The van der Waals surface area contributed by atoms with Crippen molar-refractivity contribution in [3.8, 4) is 5.75 Å². The first-order chi connectivity index (χ1) is 7.90. The lowest BCUT2D eigenvalue weighted by atomic mass is 10.0. The van der Waals surface area contributed by atoms with E-state index in [-0.39, 0.29) is 0 Å². The molecule has 0 atom stereocenters. The molecule has 0 unspecified atom stereocenters. The topological polar surface area (TPSA) is 21.3 Å². The highest BCUT2D eigenvalue weighted by Gasteiger charge is 2.09. The second-order valence-electron chi connectivity index (χ2n) is 4.08. The summed E-state index contributed by atoms with van der Waals surface area (Å²) in [4.78, 5) is 0. The summed E-state index contributed by atoms with van der Waals surface area (Å²) < 4.78 is 5.59. The molecule has 0 amide bonds. The molecule has 2 rings (SSSR count). The Labute approximate surface area is 102 Å². The molecule has 16 heavy (non-hydrogen) atoms. The van der Waals surface area contributed by atoms with Gasteiger partial charge in [-0.25, -0.2) is 0 Å². The molecular formula is C13H18ClNO.